The second-order valence-electron chi connectivity index (χ2n) is 6.54. The second-order valence-corrected chi connectivity index (χ2v) is 7.45. The van der Waals surface area contributed by atoms with Crippen LogP contribution in [0.1, 0.15) is 15.9 Å². The van der Waals surface area contributed by atoms with Gasteiger partial charge < -0.3 is 14.5 Å². The normalized spacial score (nSPS) is 15.3. The zero-order valence-corrected chi connectivity index (χ0v) is 17.0. The van der Waals surface area contributed by atoms with Crippen LogP contribution in [0.5, 0.6) is 5.75 Å². The summed E-state index contributed by atoms with van der Waals surface area (Å²) in [6.45, 7) is 3.65. The highest BCUT2D eigenvalue weighted by atomic mass is 79.9. The molecule has 0 unspecified atom stereocenters. The van der Waals surface area contributed by atoms with E-state index in [1.807, 2.05) is 18.2 Å². The first-order valence-electron chi connectivity index (χ1n) is 8.77. The number of allylic oxidation sites excluding steroid dienone is 1. The molecule has 0 amide bonds. The van der Waals surface area contributed by atoms with Crippen molar-refractivity contribution in [3.05, 3.63) is 63.9 Å². The van der Waals surface area contributed by atoms with E-state index in [1.165, 1.54) is 25.3 Å². The molecule has 1 saturated heterocycles. The lowest BCUT2D eigenvalue weighted by molar-refractivity contribution is 0.104. The molecule has 2 aromatic rings. The Balaban J connectivity index is 1.85. The van der Waals surface area contributed by atoms with E-state index in [1.54, 1.807) is 12.1 Å². The zero-order valence-electron chi connectivity index (χ0n) is 15.4. The van der Waals surface area contributed by atoms with Crippen LogP contribution in [0, 0.1) is 5.82 Å². The van der Waals surface area contributed by atoms with E-state index in [-0.39, 0.29) is 5.78 Å². The number of carbonyl (C=O) groups is 1. The molecule has 1 aliphatic rings. The number of methoxy groups -OCH3 is 1. The van der Waals surface area contributed by atoms with Crippen LogP contribution >= 0.6 is 15.9 Å². The van der Waals surface area contributed by atoms with E-state index in [9.17, 15) is 9.18 Å². The van der Waals surface area contributed by atoms with Crippen LogP contribution in [0.4, 0.5) is 10.1 Å². The summed E-state index contributed by atoms with van der Waals surface area (Å²) in [7, 11) is 3.58. The Hall–Kier alpha value is -2.18. The van der Waals surface area contributed by atoms with Gasteiger partial charge in [0.1, 0.15) is 11.6 Å². The third-order valence-electron chi connectivity index (χ3n) is 4.69. The fourth-order valence-corrected chi connectivity index (χ4v) is 3.42. The molecular formula is C21H22BrFN2O2. The minimum Gasteiger partial charge on any atom is -0.497 e. The Morgan fingerprint density at radius 2 is 1.89 bits per heavy atom. The molecule has 0 aromatic heterocycles. The summed E-state index contributed by atoms with van der Waals surface area (Å²) >= 11 is 3.44. The third kappa shape index (κ3) is 4.76. The molecule has 142 valence electrons. The monoisotopic (exact) mass is 432 g/mol. The first kappa shape index (κ1) is 19.6. The van der Waals surface area contributed by atoms with Gasteiger partial charge in [-0.25, -0.2) is 4.39 Å². The number of anilines is 1. The van der Waals surface area contributed by atoms with Crippen LogP contribution in [-0.4, -0.2) is 51.0 Å². The molecular weight excluding hydrogens is 411 g/mol. The van der Waals surface area contributed by atoms with Crippen LogP contribution in [-0.2, 0) is 0 Å². The Kier molecular flexibility index (Phi) is 6.29. The summed E-state index contributed by atoms with van der Waals surface area (Å²) in [6.07, 6.45) is 2.93. The van der Waals surface area contributed by atoms with Crippen LogP contribution in [0.15, 0.2) is 46.9 Å². The van der Waals surface area contributed by atoms with Gasteiger partial charge >= 0.3 is 0 Å². The fraction of sp³-hybridized carbons (Fsp3) is 0.286. The summed E-state index contributed by atoms with van der Waals surface area (Å²) in [4.78, 5) is 17.3. The van der Waals surface area contributed by atoms with E-state index < -0.39 is 5.82 Å². The molecule has 0 bridgehead atoms. The molecule has 0 saturated carbocycles. The van der Waals surface area contributed by atoms with Crippen LogP contribution < -0.4 is 9.64 Å². The first-order valence-corrected chi connectivity index (χ1v) is 9.56. The highest BCUT2D eigenvalue weighted by molar-refractivity contribution is 9.10. The van der Waals surface area contributed by atoms with Gasteiger partial charge in [-0.05, 0) is 49.5 Å². The highest BCUT2D eigenvalue weighted by Crippen LogP contribution is 2.27. The largest absolute Gasteiger partial charge is 0.497 e. The van der Waals surface area contributed by atoms with Crippen molar-refractivity contribution in [2.24, 2.45) is 0 Å². The van der Waals surface area contributed by atoms with Gasteiger partial charge in [-0.3, -0.25) is 4.79 Å². The van der Waals surface area contributed by atoms with E-state index in [2.05, 4.69) is 32.8 Å². The lowest BCUT2D eigenvalue weighted by atomic mass is 10.0. The molecule has 0 radical (unpaired) electrons. The molecule has 1 heterocycles. The average molecular weight is 433 g/mol. The number of halogens is 2. The molecule has 0 aliphatic carbocycles. The van der Waals surface area contributed by atoms with Crippen molar-refractivity contribution in [2.75, 3.05) is 45.2 Å². The summed E-state index contributed by atoms with van der Waals surface area (Å²) in [5.74, 6) is -0.132. The molecule has 0 spiro atoms. The molecule has 0 N–H and O–H groups in total. The van der Waals surface area contributed by atoms with Gasteiger partial charge in [-0.1, -0.05) is 15.9 Å². The summed E-state index contributed by atoms with van der Waals surface area (Å²) in [5.41, 5.74) is 1.87. The third-order valence-corrected chi connectivity index (χ3v) is 5.18. The first-order chi connectivity index (χ1) is 13.0. The van der Waals surface area contributed by atoms with Crippen LogP contribution in [0.2, 0.25) is 0 Å². The molecule has 0 atom stereocenters. The van der Waals surface area contributed by atoms with Gasteiger partial charge in [0.15, 0.2) is 5.78 Å². The SMILES string of the molecule is COc1ccc(/C=C/C(=O)c2cc(Br)ccc2N2CCN(C)CC2)c(F)c1. The highest BCUT2D eigenvalue weighted by Gasteiger charge is 2.19. The van der Waals surface area contributed by atoms with Crippen molar-refractivity contribution in [3.8, 4) is 5.75 Å². The Morgan fingerprint density at radius 3 is 2.56 bits per heavy atom. The lowest BCUT2D eigenvalue weighted by Gasteiger charge is -2.35. The maximum absolute atomic E-state index is 14.1. The number of piperazine rings is 1. The van der Waals surface area contributed by atoms with Crippen LogP contribution in [0.3, 0.4) is 0 Å². The summed E-state index contributed by atoms with van der Waals surface area (Å²) in [5, 5.41) is 0. The minimum atomic E-state index is -0.424. The Labute approximate surface area is 167 Å². The number of carbonyl (C=O) groups excluding carboxylic acids is 1. The maximum Gasteiger partial charge on any atom is 0.187 e. The number of likely N-dealkylation sites (N-methyl/N-ethyl adjacent to an activating group) is 1. The van der Waals surface area contributed by atoms with Crippen LogP contribution in [0.25, 0.3) is 6.08 Å². The topological polar surface area (TPSA) is 32.8 Å². The standard InChI is InChI=1S/C21H22BrFN2O2/c1-24-9-11-25(12-10-24)20-7-5-16(22)13-18(20)21(26)8-4-15-3-6-17(27-2)14-19(15)23/h3-8,13-14H,9-12H2,1-2H3/b8-4+. The number of benzene rings is 2. The number of ketones is 1. The van der Waals surface area contributed by atoms with Gasteiger partial charge in [0, 0.05) is 53.5 Å². The van der Waals surface area contributed by atoms with Crippen molar-refractivity contribution in [1.29, 1.82) is 0 Å². The number of nitrogens with zero attached hydrogens (tertiary/aromatic N) is 2. The maximum atomic E-state index is 14.1. The van der Waals surface area contributed by atoms with Crippen molar-refractivity contribution < 1.29 is 13.9 Å². The Bertz CT molecular complexity index is 861. The average Bonchev–Trinajstić information content (AvgIpc) is 2.67. The van der Waals surface area contributed by atoms with E-state index >= 15 is 0 Å². The molecule has 27 heavy (non-hydrogen) atoms. The van der Waals surface area contributed by atoms with Crippen molar-refractivity contribution in [2.45, 2.75) is 0 Å². The number of ether oxygens (including phenoxy) is 1. The molecule has 6 heteroatoms. The molecule has 3 rings (SSSR count). The quantitative estimate of drug-likeness (QED) is 0.522. The van der Waals surface area contributed by atoms with Gasteiger partial charge in [0.2, 0.25) is 0 Å². The molecule has 1 aliphatic heterocycles. The predicted octanol–water partition coefficient (Wildman–Crippen LogP) is 4.24. The minimum absolute atomic E-state index is 0.152. The molecule has 1 fully saturated rings. The fourth-order valence-electron chi connectivity index (χ4n) is 3.05. The second kappa shape index (κ2) is 8.67. The lowest BCUT2D eigenvalue weighted by Crippen LogP contribution is -2.44. The summed E-state index contributed by atoms with van der Waals surface area (Å²) < 4.78 is 19.9. The predicted molar refractivity (Wildman–Crippen MR) is 110 cm³/mol. The van der Waals surface area contributed by atoms with Crippen molar-refractivity contribution in [3.63, 3.8) is 0 Å². The summed E-state index contributed by atoms with van der Waals surface area (Å²) in [6, 6.07) is 10.3. The zero-order chi connectivity index (χ0) is 19.4. The van der Waals surface area contributed by atoms with Gasteiger partial charge in [-0.15, -0.1) is 0 Å². The Morgan fingerprint density at radius 1 is 1.15 bits per heavy atom. The molecule has 4 nitrogen and oxygen atoms in total. The number of hydrogen-bond donors (Lipinski definition) is 0. The van der Waals surface area contributed by atoms with E-state index in [0.717, 1.165) is 36.3 Å². The number of rotatable bonds is 5. The number of hydrogen-bond acceptors (Lipinski definition) is 4. The smallest absolute Gasteiger partial charge is 0.187 e. The van der Waals surface area contributed by atoms with E-state index in [0.29, 0.717) is 16.9 Å². The van der Waals surface area contributed by atoms with Gasteiger partial charge in [0.25, 0.3) is 0 Å². The van der Waals surface area contributed by atoms with Gasteiger partial charge in [0.05, 0.1) is 7.11 Å². The van der Waals surface area contributed by atoms with Gasteiger partial charge in [-0.2, -0.15) is 0 Å². The molecule has 2 aromatic carbocycles. The van der Waals surface area contributed by atoms with E-state index in [4.69, 9.17) is 4.74 Å². The van der Waals surface area contributed by atoms with Crippen molar-refractivity contribution >= 4 is 33.5 Å². The van der Waals surface area contributed by atoms with Crippen molar-refractivity contribution in [1.82, 2.24) is 4.90 Å².